The summed E-state index contributed by atoms with van der Waals surface area (Å²) in [7, 11) is 0. The summed E-state index contributed by atoms with van der Waals surface area (Å²) in [5.74, 6) is 4.25. The molecule has 1 aromatic heterocycles. The summed E-state index contributed by atoms with van der Waals surface area (Å²) in [5, 5.41) is 4.44. The minimum Gasteiger partial charge on any atom is -0.363 e. The highest BCUT2D eigenvalue weighted by Gasteiger charge is 2.24. The SMILES string of the molecule is Clc1cccc2c1CCC2Nc1cc(N2CCSCC2)ncn1. The van der Waals surface area contributed by atoms with E-state index in [2.05, 4.69) is 32.3 Å². The van der Waals surface area contributed by atoms with Crippen molar-refractivity contribution in [2.75, 3.05) is 34.8 Å². The van der Waals surface area contributed by atoms with Gasteiger partial charge in [-0.05, 0) is 30.0 Å². The molecule has 4 nitrogen and oxygen atoms in total. The number of aromatic nitrogens is 2. The molecule has 2 aromatic rings. The molecular weight excluding hydrogens is 328 g/mol. The molecule has 1 atom stereocenters. The van der Waals surface area contributed by atoms with Crippen molar-refractivity contribution in [2.24, 2.45) is 0 Å². The number of halogens is 1. The Morgan fingerprint density at radius 2 is 2.09 bits per heavy atom. The van der Waals surface area contributed by atoms with Crippen LogP contribution in [0.3, 0.4) is 0 Å². The van der Waals surface area contributed by atoms with Crippen molar-refractivity contribution in [2.45, 2.75) is 18.9 Å². The van der Waals surface area contributed by atoms with Crippen LogP contribution < -0.4 is 10.2 Å². The quantitative estimate of drug-likeness (QED) is 0.915. The van der Waals surface area contributed by atoms with Gasteiger partial charge in [-0.3, -0.25) is 0 Å². The summed E-state index contributed by atoms with van der Waals surface area (Å²) in [5.41, 5.74) is 2.57. The van der Waals surface area contributed by atoms with Gasteiger partial charge in [0.15, 0.2) is 0 Å². The normalized spacial score (nSPS) is 20.4. The average molecular weight is 347 g/mol. The summed E-state index contributed by atoms with van der Waals surface area (Å²) in [4.78, 5) is 11.2. The first-order valence-corrected chi connectivity index (χ1v) is 9.53. The highest BCUT2D eigenvalue weighted by atomic mass is 35.5. The molecule has 1 saturated heterocycles. The summed E-state index contributed by atoms with van der Waals surface area (Å²) < 4.78 is 0. The first-order valence-electron chi connectivity index (χ1n) is 8.00. The second-order valence-corrected chi connectivity index (χ2v) is 7.54. The topological polar surface area (TPSA) is 41.0 Å². The highest BCUT2D eigenvalue weighted by Crippen LogP contribution is 2.37. The lowest BCUT2D eigenvalue weighted by molar-refractivity contribution is 0.755. The van der Waals surface area contributed by atoms with Gasteiger partial charge in [-0.1, -0.05) is 23.7 Å². The Morgan fingerprint density at radius 1 is 1.22 bits per heavy atom. The fourth-order valence-electron chi connectivity index (χ4n) is 3.33. The number of fused-ring (bicyclic) bond motifs is 1. The van der Waals surface area contributed by atoms with Gasteiger partial charge in [0.25, 0.3) is 0 Å². The second kappa shape index (κ2) is 6.57. The van der Waals surface area contributed by atoms with Crippen molar-refractivity contribution >= 4 is 35.0 Å². The van der Waals surface area contributed by atoms with Crippen LogP contribution in [0.2, 0.25) is 5.02 Å². The van der Waals surface area contributed by atoms with Crippen molar-refractivity contribution in [1.82, 2.24) is 9.97 Å². The number of nitrogens with one attached hydrogen (secondary N) is 1. The van der Waals surface area contributed by atoms with E-state index in [0.29, 0.717) is 0 Å². The fourth-order valence-corrected chi connectivity index (χ4v) is 4.51. The largest absolute Gasteiger partial charge is 0.363 e. The van der Waals surface area contributed by atoms with E-state index in [1.807, 2.05) is 23.9 Å². The predicted octanol–water partition coefficient (Wildman–Crippen LogP) is 3.78. The molecule has 1 aliphatic heterocycles. The number of nitrogens with zero attached hydrogens (tertiary/aromatic N) is 3. The van der Waals surface area contributed by atoms with Crippen LogP contribution in [0.4, 0.5) is 11.6 Å². The van der Waals surface area contributed by atoms with Crippen LogP contribution in [0.1, 0.15) is 23.6 Å². The van der Waals surface area contributed by atoms with Crippen molar-refractivity contribution in [3.8, 4) is 0 Å². The van der Waals surface area contributed by atoms with Gasteiger partial charge in [0.05, 0.1) is 6.04 Å². The van der Waals surface area contributed by atoms with Crippen molar-refractivity contribution in [1.29, 1.82) is 0 Å². The van der Waals surface area contributed by atoms with Gasteiger partial charge in [0.2, 0.25) is 0 Å². The van der Waals surface area contributed by atoms with E-state index in [9.17, 15) is 0 Å². The first-order chi connectivity index (χ1) is 11.3. The van der Waals surface area contributed by atoms with E-state index >= 15 is 0 Å². The van der Waals surface area contributed by atoms with Crippen LogP contribution in [0.25, 0.3) is 0 Å². The molecule has 2 aliphatic rings. The summed E-state index contributed by atoms with van der Waals surface area (Å²) in [6, 6.07) is 8.51. The molecule has 1 aliphatic carbocycles. The van der Waals surface area contributed by atoms with Gasteiger partial charge < -0.3 is 10.2 Å². The molecule has 0 radical (unpaired) electrons. The van der Waals surface area contributed by atoms with Gasteiger partial charge in [-0.2, -0.15) is 11.8 Å². The molecule has 1 N–H and O–H groups in total. The lowest BCUT2D eigenvalue weighted by Gasteiger charge is -2.27. The molecule has 23 heavy (non-hydrogen) atoms. The molecule has 4 rings (SSSR count). The van der Waals surface area contributed by atoms with Crippen LogP contribution >= 0.6 is 23.4 Å². The third-order valence-electron chi connectivity index (χ3n) is 4.52. The fraction of sp³-hybridized carbons (Fsp3) is 0.412. The highest BCUT2D eigenvalue weighted by molar-refractivity contribution is 7.99. The maximum Gasteiger partial charge on any atom is 0.134 e. The van der Waals surface area contributed by atoms with Gasteiger partial charge in [-0.15, -0.1) is 0 Å². The Kier molecular flexibility index (Phi) is 4.31. The minimum absolute atomic E-state index is 0.281. The van der Waals surface area contributed by atoms with Gasteiger partial charge in [0, 0.05) is 35.7 Å². The van der Waals surface area contributed by atoms with E-state index in [1.54, 1.807) is 6.33 Å². The Hall–Kier alpha value is -1.46. The number of thioether (sulfide) groups is 1. The summed E-state index contributed by atoms with van der Waals surface area (Å²) in [6.45, 7) is 2.12. The number of benzene rings is 1. The number of hydrogen-bond acceptors (Lipinski definition) is 5. The Balaban J connectivity index is 1.53. The maximum absolute atomic E-state index is 6.30. The minimum atomic E-state index is 0.281. The molecule has 2 heterocycles. The molecule has 0 saturated carbocycles. The van der Waals surface area contributed by atoms with Crippen molar-refractivity contribution in [3.05, 3.63) is 46.7 Å². The molecule has 0 amide bonds. The van der Waals surface area contributed by atoms with Crippen molar-refractivity contribution < 1.29 is 0 Å². The van der Waals surface area contributed by atoms with E-state index < -0.39 is 0 Å². The monoisotopic (exact) mass is 346 g/mol. The summed E-state index contributed by atoms with van der Waals surface area (Å²) >= 11 is 8.31. The molecule has 1 aromatic carbocycles. The van der Waals surface area contributed by atoms with Crippen molar-refractivity contribution in [3.63, 3.8) is 0 Å². The Labute approximate surface area is 145 Å². The first kappa shape index (κ1) is 15.1. The Morgan fingerprint density at radius 3 is 2.96 bits per heavy atom. The van der Waals surface area contributed by atoms with Gasteiger partial charge in [0.1, 0.15) is 18.0 Å². The summed E-state index contributed by atoms with van der Waals surface area (Å²) in [6.07, 6.45) is 3.74. The molecule has 120 valence electrons. The van der Waals surface area contributed by atoms with Crippen LogP contribution in [-0.2, 0) is 6.42 Å². The Bertz CT molecular complexity index is 703. The maximum atomic E-state index is 6.30. The lowest BCUT2D eigenvalue weighted by Crippen LogP contribution is -2.33. The predicted molar refractivity (Wildman–Crippen MR) is 97.7 cm³/mol. The smallest absolute Gasteiger partial charge is 0.134 e. The molecular formula is C17H19ClN4S. The standard InChI is InChI=1S/C17H19ClN4S/c18-14-3-1-2-13-12(14)4-5-15(13)21-16-10-17(20-11-19-16)22-6-8-23-9-7-22/h1-3,10-11,15H,4-9H2,(H,19,20,21). The number of hydrogen-bond donors (Lipinski definition) is 1. The van der Waals surface area contributed by atoms with E-state index in [1.165, 1.54) is 22.6 Å². The lowest BCUT2D eigenvalue weighted by atomic mass is 10.1. The average Bonchev–Trinajstić information content (AvgIpc) is 3.00. The van der Waals surface area contributed by atoms with Crippen LogP contribution in [0.15, 0.2) is 30.6 Å². The molecule has 1 unspecified atom stereocenters. The zero-order valence-electron chi connectivity index (χ0n) is 12.8. The van der Waals surface area contributed by atoms with E-state index in [-0.39, 0.29) is 6.04 Å². The van der Waals surface area contributed by atoms with Crippen LogP contribution in [-0.4, -0.2) is 34.6 Å². The third kappa shape index (κ3) is 3.12. The number of rotatable bonds is 3. The zero-order chi connectivity index (χ0) is 15.6. The van der Waals surface area contributed by atoms with Gasteiger partial charge in [-0.25, -0.2) is 9.97 Å². The van der Waals surface area contributed by atoms with Gasteiger partial charge >= 0.3 is 0 Å². The molecule has 0 bridgehead atoms. The molecule has 1 fully saturated rings. The third-order valence-corrected chi connectivity index (χ3v) is 5.82. The van der Waals surface area contributed by atoms with Crippen LogP contribution in [0, 0.1) is 0 Å². The van der Waals surface area contributed by atoms with E-state index in [0.717, 1.165) is 42.6 Å². The number of anilines is 2. The second-order valence-electron chi connectivity index (χ2n) is 5.90. The zero-order valence-corrected chi connectivity index (χ0v) is 14.4. The molecule has 0 spiro atoms. The van der Waals surface area contributed by atoms with Crippen LogP contribution in [0.5, 0.6) is 0 Å². The molecule has 6 heteroatoms. The van der Waals surface area contributed by atoms with E-state index in [4.69, 9.17) is 11.6 Å².